The van der Waals surface area contributed by atoms with Crippen molar-refractivity contribution in [2.75, 3.05) is 24.4 Å². The molecule has 0 bridgehead atoms. The van der Waals surface area contributed by atoms with E-state index >= 15 is 0 Å². The zero-order valence-corrected chi connectivity index (χ0v) is 16.3. The Kier molecular flexibility index (Phi) is 5.68. The Morgan fingerprint density at radius 2 is 1.70 bits per heavy atom. The molecule has 6 heteroatoms. The minimum Gasteiger partial charge on any atom is -0.497 e. The van der Waals surface area contributed by atoms with Crippen molar-refractivity contribution in [3.05, 3.63) is 64.1 Å². The number of carbonyl (C=O) groups excluding carboxylic acids is 2. The molecule has 2 aromatic carbocycles. The van der Waals surface area contributed by atoms with Crippen LogP contribution in [0, 0.1) is 13.8 Å². The second kappa shape index (κ2) is 7.98. The maximum atomic E-state index is 13.2. The van der Waals surface area contributed by atoms with Gasteiger partial charge in [-0.2, -0.15) is 0 Å². The fraction of sp³-hybridized carbons (Fsp3) is 0.238. The Hall–Kier alpha value is -2.57. The van der Waals surface area contributed by atoms with Crippen LogP contribution in [0.3, 0.4) is 0 Å². The minimum atomic E-state index is -0.364. The lowest BCUT2D eigenvalue weighted by Gasteiger charge is -2.15. The molecule has 0 saturated heterocycles. The average molecular weight is 383 g/mol. The van der Waals surface area contributed by atoms with Crippen LogP contribution in [0.4, 0.5) is 5.69 Å². The summed E-state index contributed by atoms with van der Waals surface area (Å²) in [4.78, 5) is 27.8. The van der Waals surface area contributed by atoms with Gasteiger partial charge in [-0.05, 0) is 54.8 Å². The first kappa shape index (κ1) is 19.2. The van der Waals surface area contributed by atoms with Gasteiger partial charge in [-0.1, -0.05) is 18.2 Å². The van der Waals surface area contributed by atoms with Crippen molar-refractivity contribution in [3.63, 3.8) is 0 Å². The summed E-state index contributed by atoms with van der Waals surface area (Å²) < 4.78 is 5.14. The van der Waals surface area contributed by atoms with E-state index in [-0.39, 0.29) is 18.4 Å². The molecule has 2 amide bonds. The molecule has 1 N–H and O–H groups in total. The smallest absolute Gasteiger partial charge is 0.272 e. The minimum absolute atomic E-state index is 0.0711. The first-order chi connectivity index (χ1) is 13.0. The number of aliphatic hydroxyl groups excluding tert-OH is 1. The zero-order valence-electron chi connectivity index (χ0n) is 15.5. The average Bonchev–Trinajstić information content (AvgIpc) is 2.92. The molecule has 1 aliphatic heterocycles. The lowest BCUT2D eigenvalue weighted by molar-refractivity contribution is -0.119. The molecule has 0 atom stereocenters. The van der Waals surface area contributed by atoms with Gasteiger partial charge in [-0.3, -0.25) is 9.59 Å². The summed E-state index contributed by atoms with van der Waals surface area (Å²) in [5.41, 5.74) is 3.76. The van der Waals surface area contributed by atoms with E-state index in [4.69, 9.17) is 4.74 Å². The van der Waals surface area contributed by atoms with Crippen LogP contribution in [0.2, 0.25) is 0 Å². The van der Waals surface area contributed by atoms with E-state index in [0.29, 0.717) is 33.2 Å². The summed E-state index contributed by atoms with van der Waals surface area (Å²) in [7, 11) is 1.56. The number of ether oxygens (including phenoxy) is 1. The van der Waals surface area contributed by atoms with Gasteiger partial charge in [0.2, 0.25) is 0 Å². The number of aliphatic hydroxyl groups is 1. The molecule has 0 radical (unpaired) electrons. The Morgan fingerprint density at radius 3 is 2.30 bits per heavy atom. The third kappa shape index (κ3) is 3.63. The van der Waals surface area contributed by atoms with Crippen LogP contribution in [0.5, 0.6) is 5.75 Å². The highest BCUT2D eigenvalue weighted by Gasteiger charge is 2.40. The van der Waals surface area contributed by atoms with Crippen molar-refractivity contribution >= 4 is 34.8 Å². The fourth-order valence-corrected chi connectivity index (χ4v) is 3.77. The molecular formula is C21H21NO4S. The molecule has 27 heavy (non-hydrogen) atoms. The number of amides is 2. The number of benzene rings is 2. The maximum Gasteiger partial charge on any atom is 0.272 e. The van der Waals surface area contributed by atoms with E-state index in [9.17, 15) is 14.7 Å². The second-order valence-corrected chi connectivity index (χ2v) is 7.32. The van der Waals surface area contributed by atoms with Gasteiger partial charge < -0.3 is 9.84 Å². The monoisotopic (exact) mass is 383 g/mol. The lowest BCUT2D eigenvalue weighted by atomic mass is 10.0. The number of methoxy groups -OCH3 is 1. The van der Waals surface area contributed by atoms with E-state index in [2.05, 4.69) is 0 Å². The standard InChI is InChI=1S/C21H21NO4S/c1-13-4-5-15(12-14(13)2)18-19(27-11-10-23)21(25)22(20(18)24)16-6-8-17(26-3)9-7-16/h4-9,12,23H,10-11H2,1-3H3. The predicted molar refractivity (Wildman–Crippen MR) is 108 cm³/mol. The number of carbonyl (C=O) groups is 2. The molecule has 2 aromatic rings. The molecule has 5 nitrogen and oxygen atoms in total. The van der Waals surface area contributed by atoms with Crippen molar-refractivity contribution in [2.24, 2.45) is 0 Å². The summed E-state index contributed by atoms with van der Waals surface area (Å²) in [5, 5.41) is 9.19. The third-order valence-electron chi connectivity index (χ3n) is 4.51. The van der Waals surface area contributed by atoms with Gasteiger partial charge in [-0.25, -0.2) is 4.90 Å². The van der Waals surface area contributed by atoms with Crippen molar-refractivity contribution in [1.29, 1.82) is 0 Å². The zero-order chi connectivity index (χ0) is 19.6. The molecule has 140 valence electrons. The quantitative estimate of drug-likeness (QED) is 0.775. The highest BCUT2D eigenvalue weighted by atomic mass is 32.2. The molecule has 1 heterocycles. The van der Waals surface area contributed by atoms with Crippen LogP contribution in [-0.4, -0.2) is 36.4 Å². The van der Waals surface area contributed by atoms with Gasteiger partial charge in [0.1, 0.15) is 5.75 Å². The molecule has 0 aromatic heterocycles. The predicted octanol–water partition coefficient (Wildman–Crippen LogP) is 3.32. The maximum absolute atomic E-state index is 13.2. The molecule has 0 spiro atoms. The van der Waals surface area contributed by atoms with Crippen molar-refractivity contribution in [2.45, 2.75) is 13.8 Å². The van der Waals surface area contributed by atoms with Crippen LogP contribution >= 0.6 is 11.8 Å². The highest BCUT2D eigenvalue weighted by molar-refractivity contribution is 8.04. The first-order valence-corrected chi connectivity index (χ1v) is 9.55. The number of anilines is 1. The number of rotatable bonds is 6. The number of hydrogen-bond acceptors (Lipinski definition) is 5. The SMILES string of the molecule is COc1ccc(N2C(=O)C(SCCO)=C(c3ccc(C)c(C)c3)C2=O)cc1. The summed E-state index contributed by atoms with van der Waals surface area (Å²) in [6.45, 7) is 3.90. The molecule has 0 saturated carbocycles. The fourth-order valence-electron chi connectivity index (χ4n) is 2.91. The van der Waals surface area contributed by atoms with Gasteiger partial charge in [0.15, 0.2) is 0 Å². The largest absolute Gasteiger partial charge is 0.497 e. The van der Waals surface area contributed by atoms with Gasteiger partial charge in [0.05, 0.1) is 29.9 Å². The summed E-state index contributed by atoms with van der Waals surface area (Å²) in [6.07, 6.45) is 0. The van der Waals surface area contributed by atoms with Crippen LogP contribution in [-0.2, 0) is 9.59 Å². The number of nitrogens with zero attached hydrogens (tertiary/aromatic N) is 1. The molecule has 3 rings (SSSR count). The van der Waals surface area contributed by atoms with E-state index < -0.39 is 0 Å². The molecular weight excluding hydrogens is 362 g/mol. The summed E-state index contributed by atoms with van der Waals surface area (Å²) in [5.74, 6) is 0.278. The summed E-state index contributed by atoms with van der Waals surface area (Å²) >= 11 is 1.21. The molecule has 0 aliphatic carbocycles. The van der Waals surface area contributed by atoms with Gasteiger partial charge in [0, 0.05) is 5.75 Å². The second-order valence-electron chi connectivity index (χ2n) is 6.22. The van der Waals surface area contributed by atoms with Gasteiger partial charge in [0.25, 0.3) is 11.8 Å². The van der Waals surface area contributed by atoms with E-state index in [0.717, 1.165) is 11.1 Å². The van der Waals surface area contributed by atoms with E-state index in [1.807, 2.05) is 32.0 Å². The Balaban J connectivity index is 2.06. The Morgan fingerprint density at radius 1 is 1.00 bits per heavy atom. The number of aryl methyl sites for hydroxylation is 2. The van der Waals surface area contributed by atoms with Gasteiger partial charge in [-0.15, -0.1) is 11.8 Å². The molecule has 1 aliphatic rings. The lowest BCUT2D eigenvalue weighted by Crippen LogP contribution is -2.31. The molecule has 0 fully saturated rings. The number of thioether (sulfide) groups is 1. The van der Waals surface area contributed by atoms with Crippen LogP contribution in [0.1, 0.15) is 16.7 Å². The highest BCUT2D eigenvalue weighted by Crippen LogP contribution is 2.39. The Labute approximate surface area is 162 Å². The van der Waals surface area contributed by atoms with Crippen LogP contribution in [0.15, 0.2) is 47.4 Å². The van der Waals surface area contributed by atoms with E-state index in [1.165, 1.54) is 16.7 Å². The topological polar surface area (TPSA) is 66.8 Å². The Bertz CT molecular complexity index is 918. The van der Waals surface area contributed by atoms with Crippen molar-refractivity contribution < 1.29 is 19.4 Å². The van der Waals surface area contributed by atoms with Crippen molar-refractivity contribution in [1.82, 2.24) is 0 Å². The third-order valence-corrected chi connectivity index (χ3v) is 5.56. The number of imide groups is 1. The normalized spacial score (nSPS) is 14.3. The summed E-state index contributed by atoms with van der Waals surface area (Å²) in [6, 6.07) is 12.5. The number of hydrogen-bond donors (Lipinski definition) is 1. The van der Waals surface area contributed by atoms with Crippen LogP contribution < -0.4 is 9.64 Å². The van der Waals surface area contributed by atoms with Gasteiger partial charge >= 0.3 is 0 Å². The molecule has 0 unspecified atom stereocenters. The van der Waals surface area contributed by atoms with Crippen molar-refractivity contribution in [3.8, 4) is 5.75 Å². The van der Waals surface area contributed by atoms with E-state index in [1.54, 1.807) is 31.4 Å². The van der Waals surface area contributed by atoms with Crippen LogP contribution in [0.25, 0.3) is 5.57 Å². The first-order valence-electron chi connectivity index (χ1n) is 8.56.